The van der Waals surface area contributed by atoms with Crippen LogP contribution >= 0.6 is 22.7 Å². The van der Waals surface area contributed by atoms with E-state index in [0.29, 0.717) is 0 Å². The van der Waals surface area contributed by atoms with E-state index in [4.69, 9.17) is 0 Å². The van der Waals surface area contributed by atoms with Crippen molar-refractivity contribution in [1.82, 2.24) is 0 Å². The molecule has 0 spiro atoms. The van der Waals surface area contributed by atoms with Crippen molar-refractivity contribution in [2.45, 2.75) is 0 Å². The SMILES string of the molecule is c1ccc2c(-c3c4ccccc4c(-c4csc5cc6c(cc45)sc4ccccc46)c4ccccc34)cccc2c1. The number of hydrogen-bond donors (Lipinski definition) is 0. The van der Waals surface area contributed by atoms with E-state index in [1.807, 2.05) is 22.7 Å². The van der Waals surface area contributed by atoms with Crippen LogP contribution in [-0.4, -0.2) is 0 Å². The van der Waals surface area contributed by atoms with Gasteiger partial charge in [-0.25, -0.2) is 0 Å². The van der Waals surface area contributed by atoms with Gasteiger partial charge in [-0.3, -0.25) is 0 Å². The van der Waals surface area contributed by atoms with E-state index in [-0.39, 0.29) is 0 Å². The van der Waals surface area contributed by atoms with Gasteiger partial charge in [0, 0.05) is 35.8 Å². The number of fused-ring (bicyclic) bond motifs is 7. The molecule has 0 unspecified atom stereocenters. The fourth-order valence-corrected chi connectivity index (χ4v) is 8.69. The van der Waals surface area contributed by atoms with Crippen LogP contribution in [-0.2, 0) is 0 Å². The summed E-state index contributed by atoms with van der Waals surface area (Å²) >= 11 is 3.76. The molecule has 9 aromatic rings. The first kappa shape index (κ1) is 22.3. The van der Waals surface area contributed by atoms with E-state index in [2.05, 4.69) is 133 Å². The van der Waals surface area contributed by atoms with Crippen molar-refractivity contribution in [2.24, 2.45) is 0 Å². The van der Waals surface area contributed by atoms with Crippen LogP contribution in [0.5, 0.6) is 0 Å². The van der Waals surface area contributed by atoms with Crippen LogP contribution in [0.3, 0.4) is 0 Å². The number of hydrogen-bond acceptors (Lipinski definition) is 2. The highest BCUT2D eigenvalue weighted by Crippen LogP contribution is 2.48. The van der Waals surface area contributed by atoms with Crippen LogP contribution < -0.4 is 0 Å². The van der Waals surface area contributed by atoms with E-state index in [1.165, 1.54) is 84.8 Å². The Morgan fingerprint density at radius 1 is 0.350 bits per heavy atom. The predicted octanol–water partition coefficient (Wildman–Crippen LogP) is 12.1. The Hall–Kier alpha value is -4.50. The average molecular weight is 543 g/mol. The van der Waals surface area contributed by atoms with Gasteiger partial charge < -0.3 is 0 Å². The van der Waals surface area contributed by atoms with Crippen LogP contribution in [0.2, 0.25) is 0 Å². The molecule has 2 aromatic heterocycles. The summed E-state index contributed by atoms with van der Waals surface area (Å²) in [5, 5.41) is 14.2. The molecule has 0 aliphatic heterocycles. The summed E-state index contributed by atoms with van der Waals surface area (Å²) in [6.45, 7) is 0. The molecule has 0 radical (unpaired) electrons. The van der Waals surface area contributed by atoms with Crippen molar-refractivity contribution >= 4 is 85.2 Å². The van der Waals surface area contributed by atoms with Gasteiger partial charge in [-0.05, 0) is 72.6 Å². The zero-order valence-electron chi connectivity index (χ0n) is 21.5. The maximum Gasteiger partial charge on any atom is 0.0362 e. The summed E-state index contributed by atoms with van der Waals surface area (Å²) < 4.78 is 4.05. The molecule has 0 aliphatic rings. The van der Waals surface area contributed by atoms with Gasteiger partial charge in [-0.2, -0.15) is 0 Å². The third-order valence-corrected chi connectivity index (χ3v) is 10.4. The molecule has 0 saturated heterocycles. The molecule has 186 valence electrons. The predicted molar refractivity (Wildman–Crippen MR) is 178 cm³/mol. The molecule has 7 aromatic carbocycles. The fourth-order valence-electron chi connectivity index (χ4n) is 6.59. The molecule has 0 atom stereocenters. The third kappa shape index (κ3) is 3.12. The number of benzene rings is 7. The Balaban J connectivity index is 1.42. The van der Waals surface area contributed by atoms with Crippen molar-refractivity contribution in [3.8, 4) is 22.3 Å². The van der Waals surface area contributed by atoms with Gasteiger partial charge in [0.2, 0.25) is 0 Å². The first-order chi connectivity index (χ1) is 19.8. The van der Waals surface area contributed by atoms with E-state index >= 15 is 0 Å². The van der Waals surface area contributed by atoms with Gasteiger partial charge in [0.25, 0.3) is 0 Å². The molecule has 2 heteroatoms. The lowest BCUT2D eigenvalue weighted by Crippen LogP contribution is -1.91. The maximum atomic E-state index is 2.43. The minimum absolute atomic E-state index is 1.27. The van der Waals surface area contributed by atoms with E-state index in [9.17, 15) is 0 Å². The zero-order chi connectivity index (χ0) is 26.2. The molecular weight excluding hydrogens is 521 g/mol. The Bertz CT molecular complexity index is 2370. The molecule has 0 N–H and O–H groups in total. The monoisotopic (exact) mass is 542 g/mol. The Morgan fingerprint density at radius 3 is 1.62 bits per heavy atom. The second-order valence-electron chi connectivity index (χ2n) is 10.5. The lowest BCUT2D eigenvalue weighted by molar-refractivity contribution is 1.70. The standard InChI is InChI=1S/C38H22S2/c1-2-12-24-23(10-1)11-9-18-26(24)37-27-14-3-5-16-29(27)38(30-17-6-4-15-28(30)37)33-22-39-35-20-31-25-13-7-8-19-34(25)40-36(31)21-32(33)35/h1-22H. The minimum Gasteiger partial charge on any atom is -0.143 e. The summed E-state index contributed by atoms with van der Waals surface area (Å²) in [6.07, 6.45) is 0. The van der Waals surface area contributed by atoms with Crippen molar-refractivity contribution in [3.05, 3.63) is 133 Å². The van der Waals surface area contributed by atoms with E-state index in [0.717, 1.165) is 0 Å². The highest BCUT2D eigenvalue weighted by Gasteiger charge is 2.20. The lowest BCUT2D eigenvalue weighted by Gasteiger charge is -2.18. The van der Waals surface area contributed by atoms with Gasteiger partial charge in [0.15, 0.2) is 0 Å². The van der Waals surface area contributed by atoms with Crippen molar-refractivity contribution in [3.63, 3.8) is 0 Å². The van der Waals surface area contributed by atoms with Gasteiger partial charge in [-0.1, -0.05) is 109 Å². The first-order valence-corrected chi connectivity index (χ1v) is 15.3. The lowest BCUT2D eigenvalue weighted by atomic mass is 9.84. The van der Waals surface area contributed by atoms with Crippen molar-refractivity contribution < 1.29 is 0 Å². The fraction of sp³-hybridized carbons (Fsp3) is 0. The van der Waals surface area contributed by atoms with Crippen LogP contribution in [0.4, 0.5) is 0 Å². The molecule has 9 rings (SSSR count). The Labute approximate surface area is 239 Å². The van der Waals surface area contributed by atoms with Crippen LogP contribution in [0, 0.1) is 0 Å². The zero-order valence-corrected chi connectivity index (χ0v) is 23.2. The molecule has 2 heterocycles. The molecule has 0 nitrogen and oxygen atoms in total. The summed E-state index contributed by atoms with van der Waals surface area (Å²) in [5.74, 6) is 0. The van der Waals surface area contributed by atoms with Crippen LogP contribution in [0.25, 0.3) is 84.8 Å². The molecule has 0 bridgehead atoms. The number of rotatable bonds is 2. The highest BCUT2D eigenvalue weighted by atomic mass is 32.1. The van der Waals surface area contributed by atoms with Crippen molar-refractivity contribution in [1.29, 1.82) is 0 Å². The van der Waals surface area contributed by atoms with Gasteiger partial charge >= 0.3 is 0 Å². The first-order valence-electron chi connectivity index (χ1n) is 13.6. The Kier molecular flexibility index (Phi) is 4.74. The molecule has 0 amide bonds. The van der Waals surface area contributed by atoms with Crippen LogP contribution in [0.15, 0.2) is 133 Å². The van der Waals surface area contributed by atoms with E-state index in [1.54, 1.807) is 0 Å². The summed E-state index contributed by atoms with van der Waals surface area (Å²) in [4.78, 5) is 0. The average Bonchev–Trinajstić information content (AvgIpc) is 3.59. The number of thiophene rings is 2. The van der Waals surface area contributed by atoms with Crippen molar-refractivity contribution in [2.75, 3.05) is 0 Å². The van der Waals surface area contributed by atoms with Gasteiger partial charge in [0.05, 0.1) is 0 Å². The third-order valence-electron chi connectivity index (χ3n) is 8.33. The molecule has 0 saturated carbocycles. The van der Waals surface area contributed by atoms with E-state index < -0.39 is 0 Å². The molecule has 0 aliphatic carbocycles. The topological polar surface area (TPSA) is 0 Å². The van der Waals surface area contributed by atoms with Crippen LogP contribution in [0.1, 0.15) is 0 Å². The molecule has 40 heavy (non-hydrogen) atoms. The van der Waals surface area contributed by atoms with Gasteiger partial charge in [-0.15, -0.1) is 22.7 Å². The summed E-state index contributed by atoms with van der Waals surface area (Å²) in [6, 6.07) is 47.0. The second-order valence-corrected chi connectivity index (χ2v) is 12.5. The van der Waals surface area contributed by atoms with Gasteiger partial charge in [0.1, 0.15) is 0 Å². The minimum atomic E-state index is 1.27. The largest absolute Gasteiger partial charge is 0.143 e. The molecule has 0 fully saturated rings. The molecular formula is C38H22S2. The normalized spacial score (nSPS) is 12.0. The second kappa shape index (κ2) is 8.50. The quantitative estimate of drug-likeness (QED) is 0.191. The Morgan fingerprint density at radius 2 is 0.900 bits per heavy atom. The smallest absolute Gasteiger partial charge is 0.0362 e. The summed E-state index contributed by atoms with van der Waals surface area (Å²) in [5.41, 5.74) is 5.27. The highest BCUT2D eigenvalue weighted by molar-refractivity contribution is 7.26. The maximum absolute atomic E-state index is 2.43. The summed E-state index contributed by atoms with van der Waals surface area (Å²) in [7, 11) is 0.